The normalized spacial score (nSPS) is 17.0. The van der Waals surface area contributed by atoms with Gasteiger partial charge in [-0.1, -0.05) is 0 Å². The van der Waals surface area contributed by atoms with Gasteiger partial charge in [-0.15, -0.1) is 0 Å². The largest absolute Gasteiger partial charge is 0.354 e. The first-order valence-corrected chi connectivity index (χ1v) is 7.62. The predicted octanol–water partition coefficient (Wildman–Crippen LogP) is 0.340. The summed E-state index contributed by atoms with van der Waals surface area (Å²) in [7, 11) is 1.94. The number of aromatic nitrogens is 2. The van der Waals surface area contributed by atoms with E-state index in [1.54, 1.807) is 17.0 Å². The van der Waals surface area contributed by atoms with Crippen molar-refractivity contribution >= 4 is 5.82 Å². The molecule has 1 aliphatic heterocycles. The molecule has 0 unspecified atom stereocenters. The van der Waals surface area contributed by atoms with E-state index in [1.807, 2.05) is 32.7 Å². The van der Waals surface area contributed by atoms with E-state index in [0.29, 0.717) is 5.82 Å². The van der Waals surface area contributed by atoms with Gasteiger partial charge in [-0.3, -0.25) is 9.69 Å². The van der Waals surface area contributed by atoms with Gasteiger partial charge in [0.05, 0.1) is 0 Å². The molecule has 1 fully saturated rings. The Balaban J connectivity index is 2.05. The molecule has 118 valence electrons. The summed E-state index contributed by atoms with van der Waals surface area (Å²) in [6.07, 6.45) is 3.47. The van der Waals surface area contributed by atoms with Crippen molar-refractivity contribution < 1.29 is 0 Å². The lowest BCUT2D eigenvalue weighted by molar-refractivity contribution is 0.246. The summed E-state index contributed by atoms with van der Waals surface area (Å²) in [6.45, 7) is 12.1. The Bertz CT molecular complexity index is 514. The summed E-state index contributed by atoms with van der Waals surface area (Å²) in [5.74, 6) is 0.530. The number of hydrogen-bond acceptors (Lipinski definition) is 5. The van der Waals surface area contributed by atoms with Crippen molar-refractivity contribution in [3.63, 3.8) is 0 Å². The zero-order chi connectivity index (χ0) is 15.5. The van der Waals surface area contributed by atoms with Crippen molar-refractivity contribution in [1.29, 1.82) is 0 Å². The molecule has 1 aromatic heterocycles. The van der Waals surface area contributed by atoms with E-state index in [0.717, 1.165) is 39.3 Å². The second-order valence-corrected chi connectivity index (χ2v) is 6.61. The Morgan fingerprint density at radius 1 is 1.33 bits per heavy atom. The number of rotatable bonds is 4. The molecule has 0 spiro atoms. The zero-order valence-corrected chi connectivity index (χ0v) is 13.6. The second kappa shape index (κ2) is 6.58. The van der Waals surface area contributed by atoms with Crippen LogP contribution in [-0.4, -0.2) is 60.8 Å². The molecule has 0 atom stereocenters. The molecule has 2 rings (SSSR count). The quantitative estimate of drug-likeness (QED) is 0.867. The molecule has 1 N–H and O–H groups in total. The summed E-state index contributed by atoms with van der Waals surface area (Å²) in [5, 5.41) is 3.35. The van der Waals surface area contributed by atoms with Gasteiger partial charge in [0.2, 0.25) is 0 Å². The molecule has 6 nitrogen and oxygen atoms in total. The maximum Gasteiger partial charge on any atom is 0.293 e. The minimum absolute atomic E-state index is 0.0205. The van der Waals surface area contributed by atoms with Gasteiger partial charge in [0.15, 0.2) is 5.82 Å². The smallest absolute Gasteiger partial charge is 0.293 e. The Kier molecular flexibility index (Phi) is 5.00. The molecule has 21 heavy (non-hydrogen) atoms. The minimum atomic E-state index is -0.228. The summed E-state index contributed by atoms with van der Waals surface area (Å²) >= 11 is 0. The van der Waals surface area contributed by atoms with Gasteiger partial charge >= 0.3 is 0 Å². The van der Waals surface area contributed by atoms with Crippen LogP contribution in [0.5, 0.6) is 0 Å². The molecule has 1 saturated heterocycles. The van der Waals surface area contributed by atoms with Gasteiger partial charge in [0.25, 0.3) is 5.56 Å². The maximum atomic E-state index is 12.5. The molecule has 1 aromatic rings. The number of hydrogen-bond donors (Lipinski definition) is 1. The average molecular weight is 293 g/mol. The fraction of sp³-hybridized carbons (Fsp3) is 0.733. The SMILES string of the molecule is CN(CCN1CCNCC1)c1nccn(C(C)(C)C)c1=O. The first kappa shape index (κ1) is 16.0. The standard InChI is InChI=1S/C15H27N5O/c1-15(2,3)20-10-7-17-13(14(20)21)18(4)11-12-19-8-5-16-6-9-19/h7,10,16H,5-6,8-9,11-12H2,1-4H3. The van der Waals surface area contributed by atoms with Crippen molar-refractivity contribution in [2.24, 2.45) is 0 Å². The number of piperazine rings is 1. The molecule has 0 aromatic carbocycles. The highest BCUT2D eigenvalue weighted by Gasteiger charge is 2.19. The van der Waals surface area contributed by atoms with E-state index in [9.17, 15) is 4.79 Å². The Morgan fingerprint density at radius 2 is 2.00 bits per heavy atom. The van der Waals surface area contributed by atoms with E-state index in [2.05, 4.69) is 15.2 Å². The van der Waals surface area contributed by atoms with Gasteiger partial charge < -0.3 is 14.8 Å². The van der Waals surface area contributed by atoms with Crippen LogP contribution in [0.25, 0.3) is 0 Å². The number of anilines is 1. The zero-order valence-electron chi connectivity index (χ0n) is 13.6. The highest BCUT2D eigenvalue weighted by atomic mass is 16.1. The lowest BCUT2D eigenvalue weighted by Crippen LogP contribution is -2.46. The van der Waals surface area contributed by atoms with Crippen molar-refractivity contribution in [2.75, 3.05) is 51.2 Å². The second-order valence-electron chi connectivity index (χ2n) is 6.61. The maximum absolute atomic E-state index is 12.5. The number of nitrogens with zero attached hydrogens (tertiary/aromatic N) is 4. The van der Waals surface area contributed by atoms with Crippen LogP contribution in [-0.2, 0) is 5.54 Å². The highest BCUT2D eigenvalue weighted by molar-refractivity contribution is 5.34. The van der Waals surface area contributed by atoms with Crippen molar-refractivity contribution in [3.8, 4) is 0 Å². The van der Waals surface area contributed by atoms with Crippen LogP contribution in [0.1, 0.15) is 20.8 Å². The first-order chi connectivity index (χ1) is 9.89. The van der Waals surface area contributed by atoms with Crippen molar-refractivity contribution in [2.45, 2.75) is 26.3 Å². The van der Waals surface area contributed by atoms with Gasteiger partial charge in [-0.25, -0.2) is 4.98 Å². The van der Waals surface area contributed by atoms with Gasteiger partial charge in [-0.2, -0.15) is 0 Å². The van der Waals surface area contributed by atoms with E-state index in [-0.39, 0.29) is 11.1 Å². The Hall–Kier alpha value is -1.40. The third kappa shape index (κ3) is 4.04. The predicted molar refractivity (Wildman–Crippen MR) is 86.1 cm³/mol. The Morgan fingerprint density at radius 3 is 2.62 bits per heavy atom. The Labute approximate surface area is 126 Å². The molecule has 1 aliphatic rings. The summed E-state index contributed by atoms with van der Waals surface area (Å²) < 4.78 is 1.75. The van der Waals surface area contributed by atoms with Crippen LogP contribution in [0.3, 0.4) is 0 Å². The molecular formula is C15H27N5O. The van der Waals surface area contributed by atoms with Gasteiger partial charge in [0, 0.05) is 64.2 Å². The fourth-order valence-electron chi connectivity index (χ4n) is 2.52. The van der Waals surface area contributed by atoms with E-state index in [1.165, 1.54) is 0 Å². The van der Waals surface area contributed by atoms with Gasteiger partial charge in [-0.05, 0) is 20.8 Å². The third-order valence-corrected chi connectivity index (χ3v) is 3.87. The molecule has 0 amide bonds. The van der Waals surface area contributed by atoms with Crippen LogP contribution in [0.2, 0.25) is 0 Å². The first-order valence-electron chi connectivity index (χ1n) is 7.62. The van der Waals surface area contributed by atoms with Crippen LogP contribution in [0.15, 0.2) is 17.2 Å². The summed E-state index contributed by atoms with van der Waals surface area (Å²) in [6, 6.07) is 0. The molecule has 6 heteroatoms. The van der Waals surface area contributed by atoms with E-state index >= 15 is 0 Å². The fourth-order valence-corrected chi connectivity index (χ4v) is 2.52. The van der Waals surface area contributed by atoms with Crippen molar-refractivity contribution in [1.82, 2.24) is 19.8 Å². The molecule has 0 radical (unpaired) electrons. The molecule has 0 bridgehead atoms. The monoisotopic (exact) mass is 293 g/mol. The molecule has 2 heterocycles. The van der Waals surface area contributed by atoms with Crippen LogP contribution in [0, 0.1) is 0 Å². The van der Waals surface area contributed by atoms with E-state index in [4.69, 9.17) is 0 Å². The molecule has 0 saturated carbocycles. The molecular weight excluding hydrogens is 266 g/mol. The molecule has 0 aliphatic carbocycles. The van der Waals surface area contributed by atoms with Crippen LogP contribution >= 0.6 is 0 Å². The highest BCUT2D eigenvalue weighted by Crippen LogP contribution is 2.11. The lowest BCUT2D eigenvalue weighted by Gasteiger charge is -2.29. The minimum Gasteiger partial charge on any atom is -0.354 e. The lowest BCUT2D eigenvalue weighted by atomic mass is 10.1. The summed E-state index contributed by atoms with van der Waals surface area (Å²) in [5.41, 5.74) is -0.249. The number of nitrogens with one attached hydrogen (secondary N) is 1. The van der Waals surface area contributed by atoms with Gasteiger partial charge in [0.1, 0.15) is 0 Å². The topological polar surface area (TPSA) is 53.4 Å². The average Bonchev–Trinajstić information content (AvgIpc) is 2.45. The van der Waals surface area contributed by atoms with Crippen LogP contribution in [0.4, 0.5) is 5.82 Å². The number of likely N-dealkylation sites (N-methyl/N-ethyl adjacent to an activating group) is 1. The van der Waals surface area contributed by atoms with Crippen molar-refractivity contribution in [3.05, 3.63) is 22.7 Å². The van der Waals surface area contributed by atoms with E-state index < -0.39 is 0 Å². The van der Waals surface area contributed by atoms with Crippen LogP contribution < -0.4 is 15.8 Å². The third-order valence-electron chi connectivity index (χ3n) is 3.87. The summed E-state index contributed by atoms with van der Waals surface area (Å²) in [4.78, 5) is 21.2.